The van der Waals surface area contributed by atoms with Crippen molar-refractivity contribution in [1.82, 2.24) is 15.2 Å². The van der Waals surface area contributed by atoms with Crippen LogP contribution in [0.15, 0.2) is 97.2 Å². The molecule has 0 saturated heterocycles. The van der Waals surface area contributed by atoms with Gasteiger partial charge in [0.25, 0.3) is 11.8 Å². The molecule has 4 rings (SSSR count). The molecule has 8 heteroatoms. The highest BCUT2D eigenvalue weighted by atomic mass is 35.5. The summed E-state index contributed by atoms with van der Waals surface area (Å²) in [5, 5.41) is 12.8. The highest BCUT2D eigenvalue weighted by molar-refractivity contribution is 6.30. The Kier molecular flexibility index (Phi) is 9.43. The lowest BCUT2D eigenvalue weighted by molar-refractivity contribution is -0.137. The second-order valence-electron chi connectivity index (χ2n) is 8.91. The lowest BCUT2D eigenvalue weighted by Gasteiger charge is -2.24. The van der Waals surface area contributed by atoms with E-state index in [1.165, 1.54) is 4.90 Å². The maximum atomic E-state index is 13.8. The summed E-state index contributed by atoms with van der Waals surface area (Å²) >= 11 is 5.96. The molecule has 0 aliphatic carbocycles. The van der Waals surface area contributed by atoms with Crippen LogP contribution >= 0.6 is 11.6 Å². The van der Waals surface area contributed by atoms with Crippen molar-refractivity contribution in [1.29, 1.82) is 0 Å². The largest absolute Gasteiger partial charge is 0.481 e. The van der Waals surface area contributed by atoms with Crippen molar-refractivity contribution in [2.45, 2.75) is 19.4 Å². The van der Waals surface area contributed by atoms with Gasteiger partial charge in [-0.15, -0.1) is 0 Å². The molecular weight excluding hydrogens is 514 g/mol. The number of aromatic nitrogens is 1. The van der Waals surface area contributed by atoms with Gasteiger partial charge in [0.05, 0.1) is 6.42 Å². The van der Waals surface area contributed by atoms with Crippen LogP contribution in [0.5, 0.6) is 0 Å². The Balaban J connectivity index is 1.60. The van der Waals surface area contributed by atoms with Gasteiger partial charge >= 0.3 is 5.97 Å². The van der Waals surface area contributed by atoms with Crippen LogP contribution < -0.4 is 5.32 Å². The molecule has 39 heavy (non-hydrogen) atoms. The van der Waals surface area contributed by atoms with E-state index in [-0.39, 0.29) is 24.8 Å². The van der Waals surface area contributed by atoms with Crippen LogP contribution in [0, 0.1) is 0 Å². The van der Waals surface area contributed by atoms with Crippen LogP contribution in [-0.2, 0) is 17.8 Å². The Labute approximate surface area is 232 Å². The third-order valence-electron chi connectivity index (χ3n) is 6.23. The molecule has 1 heterocycles. The van der Waals surface area contributed by atoms with Gasteiger partial charge in [0.15, 0.2) is 0 Å². The number of benzene rings is 3. The molecule has 2 N–H and O–H groups in total. The summed E-state index contributed by atoms with van der Waals surface area (Å²) in [6.07, 6.45) is 1.99. The minimum atomic E-state index is -0.985. The Bertz CT molecular complexity index is 1440. The van der Waals surface area contributed by atoms with E-state index in [9.17, 15) is 19.5 Å². The molecule has 0 radical (unpaired) electrons. The molecule has 0 atom stereocenters. The second kappa shape index (κ2) is 13.3. The van der Waals surface area contributed by atoms with Gasteiger partial charge in [-0.1, -0.05) is 66.2 Å². The van der Waals surface area contributed by atoms with Crippen molar-refractivity contribution in [2.24, 2.45) is 0 Å². The number of aliphatic carboxylic acids is 1. The zero-order valence-corrected chi connectivity index (χ0v) is 22.0. The van der Waals surface area contributed by atoms with Crippen LogP contribution in [0.2, 0.25) is 5.02 Å². The standard InChI is InChI=1S/C31H28ClN3O4/c32-23-14-12-22(13-15-23)21-34-30(38)27-10-3-1-8-25(27)26-9-2-4-11-28(26)31(39)35(20-17-29(36)37)19-16-24-7-5-6-18-33-24/h1-15,18H,16-17,19-21H2,(H,34,38)(H,36,37). The quantitative estimate of drug-likeness (QED) is 0.261. The number of nitrogens with zero attached hydrogens (tertiary/aromatic N) is 2. The summed E-state index contributed by atoms with van der Waals surface area (Å²) in [6.45, 7) is 0.681. The molecule has 1 aromatic heterocycles. The first kappa shape index (κ1) is 27.5. The fraction of sp³-hybridized carbons (Fsp3) is 0.161. The fourth-order valence-electron chi connectivity index (χ4n) is 4.21. The van der Waals surface area contributed by atoms with Crippen molar-refractivity contribution in [3.05, 3.63) is 125 Å². The van der Waals surface area contributed by atoms with Crippen LogP contribution in [0.4, 0.5) is 0 Å². The summed E-state index contributed by atoms with van der Waals surface area (Å²) in [5.41, 5.74) is 3.74. The van der Waals surface area contributed by atoms with Crippen molar-refractivity contribution in [3.8, 4) is 11.1 Å². The molecule has 0 fully saturated rings. The number of hydrogen-bond donors (Lipinski definition) is 2. The molecule has 198 valence electrons. The lowest BCUT2D eigenvalue weighted by Crippen LogP contribution is -2.35. The van der Waals surface area contributed by atoms with Gasteiger partial charge in [0.2, 0.25) is 0 Å². The monoisotopic (exact) mass is 541 g/mol. The number of hydrogen-bond acceptors (Lipinski definition) is 4. The Morgan fingerprint density at radius 2 is 1.44 bits per heavy atom. The first-order chi connectivity index (χ1) is 18.9. The number of halogens is 1. The molecule has 4 aromatic rings. The van der Waals surface area contributed by atoms with Crippen molar-refractivity contribution < 1.29 is 19.5 Å². The summed E-state index contributed by atoms with van der Waals surface area (Å²) < 4.78 is 0. The first-order valence-corrected chi connectivity index (χ1v) is 12.9. The number of nitrogens with one attached hydrogen (secondary N) is 1. The zero-order chi connectivity index (χ0) is 27.6. The lowest BCUT2D eigenvalue weighted by atomic mass is 9.94. The number of carboxylic acid groups (broad SMARTS) is 1. The smallest absolute Gasteiger partial charge is 0.305 e. The van der Waals surface area contributed by atoms with E-state index in [0.717, 1.165) is 11.3 Å². The topological polar surface area (TPSA) is 99.6 Å². The van der Waals surface area contributed by atoms with E-state index in [1.54, 1.807) is 54.7 Å². The predicted octanol–water partition coefficient (Wildman–Crippen LogP) is 5.49. The minimum absolute atomic E-state index is 0.0541. The number of carboxylic acids is 1. The van der Waals surface area contributed by atoms with Gasteiger partial charge < -0.3 is 15.3 Å². The van der Waals surface area contributed by atoms with Gasteiger partial charge in [-0.05, 0) is 53.1 Å². The van der Waals surface area contributed by atoms with Crippen LogP contribution in [0.25, 0.3) is 11.1 Å². The highest BCUT2D eigenvalue weighted by Crippen LogP contribution is 2.28. The molecule has 0 saturated carbocycles. The molecule has 7 nitrogen and oxygen atoms in total. The average molecular weight is 542 g/mol. The third kappa shape index (κ3) is 7.52. The first-order valence-electron chi connectivity index (χ1n) is 12.5. The molecule has 0 spiro atoms. The summed E-state index contributed by atoms with van der Waals surface area (Å²) in [4.78, 5) is 44.2. The molecular formula is C31H28ClN3O4. The minimum Gasteiger partial charge on any atom is -0.481 e. The van der Waals surface area contributed by atoms with Gasteiger partial charge in [-0.25, -0.2) is 0 Å². The predicted molar refractivity (Wildman–Crippen MR) is 151 cm³/mol. The van der Waals surface area contributed by atoms with Crippen molar-refractivity contribution in [3.63, 3.8) is 0 Å². The Hall–Kier alpha value is -4.49. The highest BCUT2D eigenvalue weighted by Gasteiger charge is 2.22. The van der Waals surface area contributed by atoms with Gasteiger partial charge in [0.1, 0.15) is 0 Å². The number of carbonyl (C=O) groups is 3. The van der Waals surface area contributed by atoms with E-state index in [2.05, 4.69) is 10.3 Å². The van der Waals surface area contributed by atoms with E-state index in [4.69, 9.17) is 11.6 Å². The van der Waals surface area contributed by atoms with E-state index in [0.29, 0.717) is 46.8 Å². The maximum Gasteiger partial charge on any atom is 0.305 e. The van der Waals surface area contributed by atoms with Crippen LogP contribution in [0.1, 0.15) is 38.4 Å². The maximum absolute atomic E-state index is 13.8. The number of pyridine rings is 1. The molecule has 0 aliphatic rings. The van der Waals surface area contributed by atoms with E-state index < -0.39 is 5.97 Å². The molecule has 3 aromatic carbocycles. The van der Waals surface area contributed by atoms with Crippen molar-refractivity contribution >= 4 is 29.4 Å². The van der Waals surface area contributed by atoms with Gasteiger partial charge in [-0.2, -0.15) is 0 Å². The summed E-state index contributed by atoms with van der Waals surface area (Å²) in [5.74, 6) is -1.57. The molecule has 0 unspecified atom stereocenters. The van der Waals surface area contributed by atoms with Gasteiger partial charge in [-0.3, -0.25) is 19.4 Å². The Morgan fingerprint density at radius 1 is 0.795 bits per heavy atom. The van der Waals surface area contributed by atoms with Crippen molar-refractivity contribution in [2.75, 3.05) is 13.1 Å². The summed E-state index contributed by atoms with van der Waals surface area (Å²) in [7, 11) is 0. The third-order valence-corrected chi connectivity index (χ3v) is 6.48. The van der Waals surface area contributed by atoms with Gasteiger partial charge in [0, 0.05) is 54.1 Å². The van der Waals surface area contributed by atoms with Crippen LogP contribution in [-0.4, -0.2) is 45.9 Å². The number of carbonyl (C=O) groups excluding carboxylic acids is 2. The average Bonchev–Trinajstić information content (AvgIpc) is 2.97. The van der Waals surface area contributed by atoms with E-state index in [1.807, 2.05) is 42.5 Å². The molecule has 2 amide bonds. The fourth-order valence-corrected chi connectivity index (χ4v) is 4.34. The SMILES string of the molecule is O=C(O)CCN(CCc1ccccn1)C(=O)c1ccccc1-c1ccccc1C(=O)NCc1ccc(Cl)cc1. The van der Waals surface area contributed by atoms with Crippen LogP contribution in [0.3, 0.4) is 0 Å². The normalized spacial score (nSPS) is 10.6. The number of amides is 2. The molecule has 0 bridgehead atoms. The number of rotatable bonds is 11. The zero-order valence-electron chi connectivity index (χ0n) is 21.2. The molecule has 0 aliphatic heterocycles. The van der Waals surface area contributed by atoms with E-state index >= 15 is 0 Å². The summed E-state index contributed by atoms with van der Waals surface area (Å²) in [6, 6.07) is 27.0. The Morgan fingerprint density at radius 3 is 2.10 bits per heavy atom. The second-order valence-corrected chi connectivity index (χ2v) is 9.34.